The lowest BCUT2D eigenvalue weighted by atomic mass is 10.1. The number of ether oxygens (including phenoxy) is 2. The molecule has 0 spiro atoms. The molecule has 0 saturated carbocycles. The van der Waals surface area contributed by atoms with Crippen LogP contribution in [0.4, 0.5) is 5.69 Å². The summed E-state index contributed by atoms with van der Waals surface area (Å²) in [6.07, 6.45) is 0. The van der Waals surface area contributed by atoms with Gasteiger partial charge in [-0.15, -0.1) is 0 Å². The van der Waals surface area contributed by atoms with E-state index in [1.807, 2.05) is 54.6 Å². The second kappa shape index (κ2) is 8.02. The van der Waals surface area contributed by atoms with Gasteiger partial charge >= 0.3 is 0 Å². The van der Waals surface area contributed by atoms with E-state index in [1.54, 1.807) is 19.2 Å². The highest BCUT2D eigenvalue weighted by atomic mass is 16.5. The van der Waals surface area contributed by atoms with Crippen LogP contribution in [0.3, 0.4) is 0 Å². The molecule has 0 aliphatic rings. The van der Waals surface area contributed by atoms with Gasteiger partial charge < -0.3 is 14.8 Å². The highest BCUT2D eigenvalue weighted by Crippen LogP contribution is 2.22. The summed E-state index contributed by atoms with van der Waals surface area (Å²) in [6.45, 7) is -0.0537. The maximum atomic E-state index is 12.0. The van der Waals surface area contributed by atoms with Crippen LogP contribution in [0.2, 0.25) is 0 Å². The largest absolute Gasteiger partial charge is 0.497 e. The summed E-state index contributed by atoms with van der Waals surface area (Å²) in [5, 5.41) is 2.78. The fraction of sp³-hybridized carbons (Fsp3) is 0.0952. The maximum absolute atomic E-state index is 12.0. The lowest BCUT2D eigenvalue weighted by molar-refractivity contribution is -0.118. The van der Waals surface area contributed by atoms with E-state index >= 15 is 0 Å². The molecule has 4 heteroatoms. The highest BCUT2D eigenvalue weighted by Gasteiger charge is 2.05. The molecule has 1 amide bonds. The molecule has 0 radical (unpaired) electrons. The Bertz CT molecular complexity index is 829. The second-order valence-electron chi connectivity index (χ2n) is 5.46. The van der Waals surface area contributed by atoms with Crippen LogP contribution in [0, 0.1) is 0 Å². The summed E-state index contributed by atoms with van der Waals surface area (Å²) in [5.41, 5.74) is 2.92. The van der Waals surface area contributed by atoms with Gasteiger partial charge in [-0.05, 0) is 35.4 Å². The Hall–Kier alpha value is -3.27. The Morgan fingerprint density at radius 1 is 0.840 bits per heavy atom. The first-order valence-corrected chi connectivity index (χ1v) is 7.97. The zero-order valence-electron chi connectivity index (χ0n) is 13.9. The van der Waals surface area contributed by atoms with Gasteiger partial charge in [0, 0.05) is 11.8 Å². The van der Waals surface area contributed by atoms with Crippen LogP contribution in [0.15, 0.2) is 78.9 Å². The molecule has 25 heavy (non-hydrogen) atoms. The monoisotopic (exact) mass is 333 g/mol. The van der Waals surface area contributed by atoms with Crippen LogP contribution in [-0.2, 0) is 4.79 Å². The van der Waals surface area contributed by atoms with Crippen LogP contribution < -0.4 is 14.8 Å². The molecular formula is C21H19NO3. The minimum absolute atomic E-state index is 0.0537. The van der Waals surface area contributed by atoms with Crippen LogP contribution in [0.25, 0.3) is 11.1 Å². The third-order valence-corrected chi connectivity index (χ3v) is 3.68. The number of hydrogen-bond donors (Lipinski definition) is 1. The summed E-state index contributed by atoms with van der Waals surface area (Å²) >= 11 is 0. The predicted octanol–water partition coefficient (Wildman–Crippen LogP) is 4.38. The highest BCUT2D eigenvalue weighted by molar-refractivity contribution is 5.92. The Morgan fingerprint density at radius 3 is 2.28 bits per heavy atom. The molecule has 0 saturated heterocycles. The topological polar surface area (TPSA) is 47.6 Å². The lowest BCUT2D eigenvalue weighted by Crippen LogP contribution is -2.20. The van der Waals surface area contributed by atoms with E-state index in [0.717, 1.165) is 11.1 Å². The summed E-state index contributed by atoms with van der Waals surface area (Å²) in [7, 11) is 1.59. The van der Waals surface area contributed by atoms with Gasteiger partial charge in [-0.3, -0.25) is 4.79 Å². The van der Waals surface area contributed by atoms with E-state index in [9.17, 15) is 4.79 Å². The number of amides is 1. The number of benzene rings is 3. The molecule has 0 atom stereocenters. The van der Waals surface area contributed by atoms with E-state index in [-0.39, 0.29) is 12.5 Å². The third kappa shape index (κ3) is 4.61. The Kier molecular flexibility index (Phi) is 5.32. The third-order valence-electron chi connectivity index (χ3n) is 3.68. The Labute approximate surface area is 147 Å². The first kappa shape index (κ1) is 16.6. The number of rotatable bonds is 6. The predicted molar refractivity (Wildman–Crippen MR) is 99.0 cm³/mol. The molecule has 0 bridgehead atoms. The molecule has 1 N–H and O–H groups in total. The summed E-state index contributed by atoms with van der Waals surface area (Å²) in [4.78, 5) is 12.0. The molecule has 4 nitrogen and oxygen atoms in total. The molecule has 0 fully saturated rings. The number of carbonyl (C=O) groups is 1. The van der Waals surface area contributed by atoms with Gasteiger partial charge in [-0.2, -0.15) is 0 Å². The van der Waals surface area contributed by atoms with Crippen molar-refractivity contribution in [3.63, 3.8) is 0 Å². The van der Waals surface area contributed by atoms with Crippen LogP contribution in [0.5, 0.6) is 11.5 Å². The van der Waals surface area contributed by atoms with Gasteiger partial charge in [0.25, 0.3) is 5.91 Å². The maximum Gasteiger partial charge on any atom is 0.262 e. The quantitative estimate of drug-likeness (QED) is 0.728. The lowest BCUT2D eigenvalue weighted by Gasteiger charge is -2.09. The fourth-order valence-corrected chi connectivity index (χ4v) is 2.42. The number of hydrogen-bond acceptors (Lipinski definition) is 3. The normalized spacial score (nSPS) is 10.1. The zero-order chi connectivity index (χ0) is 17.5. The molecule has 126 valence electrons. The molecule has 3 aromatic rings. The molecule has 0 aromatic heterocycles. The molecule has 0 unspecified atom stereocenters. The molecule has 3 rings (SSSR count). The van der Waals surface area contributed by atoms with Crippen molar-refractivity contribution in [2.75, 3.05) is 19.0 Å². The minimum Gasteiger partial charge on any atom is -0.497 e. The van der Waals surface area contributed by atoms with E-state index in [1.165, 1.54) is 0 Å². The van der Waals surface area contributed by atoms with Gasteiger partial charge in [-0.1, -0.05) is 48.5 Å². The van der Waals surface area contributed by atoms with E-state index < -0.39 is 0 Å². The zero-order valence-corrected chi connectivity index (χ0v) is 13.9. The van der Waals surface area contributed by atoms with Gasteiger partial charge in [0.15, 0.2) is 6.61 Å². The van der Waals surface area contributed by atoms with Gasteiger partial charge in [0.1, 0.15) is 11.5 Å². The van der Waals surface area contributed by atoms with Crippen LogP contribution in [-0.4, -0.2) is 19.6 Å². The van der Waals surface area contributed by atoms with Crippen molar-refractivity contribution < 1.29 is 14.3 Å². The minimum atomic E-state index is -0.222. The van der Waals surface area contributed by atoms with E-state index in [0.29, 0.717) is 17.2 Å². The number of methoxy groups -OCH3 is 1. The Balaban J connectivity index is 1.55. The van der Waals surface area contributed by atoms with E-state index in [2.05, 4.69) is 17.4 Å². The fourth-order valence-electron chi connectivity index (χ4n) is 2.42. The van der Waals surface area contributed by atoms with Crippen molar-refractivity contribution >= 4 is 11.6 Å². The number of carbonyl (C=O) groups excluding carboxylic acids is 1. The van der Waals surface area contributed by atoms with Gasteiger partial charge in [-0.25, -0.2) is 0 Å². The first-order chi connectivity index (χ1) is 12.2. The van der Waals surface area contributed by atoms with Crippen molar-refractivity contribution in [2.45, 2.75) is 0 Å². The average molecular weight is 333 g/mol. The van der Waals surface area contributed by atoms with Crippen LogP contribution in [0.1, 0.15) is 0 Å². The smallest absolute Gasteiger partial charge is 0.262 e. The summed E-state index contributed by atoms with van der Waals surface area (Å²) < 4.78 is 10.7. The van der Waals surface area contributed by atoms with Gasteiger partial charge in [0.2, 0.25) is 0 Å². The molecule has 0 aliphatic heterocycles. The number of anilines is 1. The van der Waals surface area contributed by atoms with Crippen molar-refractivity contribution in [3.8, 4) is 22.6 Å². The van der Waals surface area contributed by atoms with E-state index in [4.69, 9.17) is 9.47 Å². The molecule has 3 aromatic carbocycles. The van der Waals surface area contributed by atoms with Crippen molar-refractivity contribution in [1.29, 1.82) is 0 Å². The standard InChI is InChI=1S/C21H19NO3/c1-24-20-9-5-8-18(14-20)22-21(23)15-25-19-12-10-17(11-13-19)16-6-3-2-4-7-16/h2-14H,15H2,1H3,(H,22,23). The Morgan fingerprint density at radius 2 is 1.56 bits per heavy atom. The molecular weight excluding hydrogens is 314 g/mol. The SMILES string of the molecule is COc1cccc(NC(=O)COc2ccc(-c3ccccc3)cc2)c1. The summed E-state index contributed by atoms with van der Waals surface area (Å²) in [5.74, 6) is 1.12. The first-order valence-electron chi connectivity index (χ1n) is 7.97. The summed E-state index contributed by atoms with van der Waals surface area (Å²) in [6, 6.07) is 25.0. The average Bonchev–Trinajstić information content (AvgIpc) is 2.67. The van der Waals surface area contributed by atoms with Gasteiger partial charge in [0.05, 0.1) is 7.11 Å². The molecule has 0 aliphatic carbocycles. The van der Waals surface area contributed by atoms with Crippen molar-refractivity contribution in [2.24, 2.45) is 0 Å². The molecule has 0 heterocycles. The number of nitrogens with one attached hydrogen (secondary N) is 1. The second-order valence-corrected chi connectivity index (χ2v) is 5.46. The van der Waals surface area contributed by atoms with Crippen molar-refractivity contribution in [1.82, 2.24) is 0 Å². The van der Waals surface area contributed by atoms with Crippen molar-refractivity contribution in [3.05, 3.63) is 78.9 Å². The van der Waals surface area contributed by atoms with Crippen LogP contribution >= 0.6 is 0 Å².